The minimum Gasteiger partial charge on any atom is -0.350 e. The van der Waals surface area contributed by atoms with Gasteiger partial charge in [-0.25, -0.2) is 9.37 Å². The van der Waals surface area contributed by atoms with Crippen molar-refractivity contribution in [2.45, 2.75) is 12.8 Å². The number of hydrogen-bond acceptors (Lipinski definition) is 3. The summed E-state index contributed by atoms with van der Waals surface area (Å²) < 4.78 is 14.7. The lowest BCUT2D eigenvalue weighted by atomic mass is 10.00. The summed E-state index contributed by atoms with van der Waals surface area (Å²) in [6.45, 7) is 2.65. The Morgan fingerprint density at radius 3 is 2.75 bits per heavy atom. The van der Waals surface area contributed by atoms with Gasteiger partial charge < -0.3 is 10.6 Å². The van der Waals surface area contributed by atoms with Crippen LogP contribution in [0.15, 0.2) is 36.8 Å². The van der Waals surface area contributed by atoms with Gasteiger partial charge in [0.1, 0.15) is 11.5 Å². The fraction of sp³-hybridized carbons (Fsp3) is 0.375. The SMILES string of the molecule is Cl.Cl.O=C(NCC1CCCNC1)c1cncn1-c1ccc(F)cc1. The van der Waals surface area contributed by atoms with Crippen molar-refractivity contribution in [3.05, 3.63) is 48.3 Å². The van der Waals surface area contributed by atoms with E-state index in [1.54, 1.807) is 23.0 Å². The van der Waals surface area contributed by atoms with E-state index < -0.39 is 0 Å². The van der Waals surface area contributed by atoms with Gasteiger partial charge in [-0.05, 0) is 56.1 Å². The topological polar surface area (TPSA) is 59.0 Å². The molecule has 3 rings (SSSR count). The normalized spacial score (nSPS) is 16.6. The number of rotatable bonds is 4. The van der Waals surface area contributed by atoms with E-state index in [0.717, 1.165) is 25.9 Å². The number of carbonyl (C=O) groups excluding carboxylic acids is 1. The van der Waals surface area contributed by atoms with Crippen LogP contribution in [0.1, 0.15) is 23.3 Å². The average Bonchev–Trinajstić information content (AvgIpc) is 3.04. The molecule has 2 N–H and O–H groups in total. The molecular weight excluding hydrogens is 354 g/mol. The Kier molecular flexibility index (Phi) is 8.18. The first-order valence-corrected chi connectivity index (χ1v) is 7.51. The summed E-state index contributed by atoms with van der Waals surface area (Å²) in [6.07, 6.45) is 5.36. The summed E-state index contributed by atoms with van der Waals surface area (Å²) in [4.78, 5) is 16.4. The fourth-order valence-electron chi connectivity index (χ4n) is 2.70. The molecule has 2 aromatic rings. The van der Waals surface area contributed by atoms with Crippen molar-refractivity contribution in [2.24, 2.45) is 5.92 Å². The molecule has 1 amide bonds. The Balaban J connectivity index is 0.00000144. The molecule has 0 spiro atoms. The van der Waals surface area contributed by atoms with E-state index in [4.69, 9.17) is 0 Å². The van der Waals surface area contributed by atoms with Gasteiger partial charge in [0.15, 0.2) is 0 Å². The van der Waals surface area contributed by atoms with E-state index in [2.05, 4.69) is 15.6 Å². The Labute approximate surface area is 152 Å². The Bertz CT molecular complexity index is 642. The number of piperidine rings is 1. The molecule has 132 valence electrons. The molecule has 1 saturated heterocycles. The second kappa shape index (κ2) is 9.61. The lowest BCUT2D eigenvalue weighted by Crippen LogP contribution is -2.38. The first-order chi connectivity index (χ1) is 10.7. The number of aromatic nitrogens is 2. The van der Waals surface area contributed by atoms with Gasteiger partial charge in [-0.3, -0.25) is 9.36 Å². The maximum atomic E-state index is 13.0. The number of nitrogens with one attached hydrogen (secondary N) is 2. The van der Waals surface area contributed by atoms with E-state index in [9.17, 15) is 9.18 Å². The van der Waals surface area contributed by atoms with Crippen LogP contribution in [0.25, 0.3) is 5.69 Å². The molecule has 1 fully saturated rings. The largest absolute Gasteiger partial charge is 0.350 e. The molecule has 24 heavy (non-hydrogen) atoms. The van der Waals surface area contributed by atoms with Crippen molar-refractivity contribution >= 4 is 30.7 Å². The Morgan fingerprint density at radius 2 is 2.08 bits per heavy atom. The second-order valence-electron chi connectivity index (χ2n) is 5.55. The molecule has 1 aliphatic heterocycles. The summed E-state index contributed by atoms with van der Waals surface area (Å²) >= 11 is 0. The monoisotopic (exact) mass is 374 g/mol. The molecule has 1 aromatic carbocycles. The highest BCUT2D eigenvalue weighted by Gasteiger charge is 2.17. The van der Waals surface area contributed by atoms with Crippen LogP contribution < -0.4 is 10.6 Å². The quantitative estimate of drug-likeness (QED) is 0.864. The molecule has 5 nitrogen and oxygen atoms in total. The zero-order valence-corrected chi connectivity index (χ0v) is 14.7. The predicted octanol–water partition coefficient (Wildman–Crippen LogP) is 2.58. The molecule has 2 heterocycles. The lowest BCUT2D eigenvalue weighted by Gasteiger charge is -2.22. The fourth-order valence-corrected chi connectivity index (χ4v) is 2.70. The molecule has 1 atom stereocenters. The highest BCUT2D eigenvalue weighted by atomic mass is 35.5. The van der Waals surface area contributed by atoms with Gasteiger partial charge in [-0.1, -0.05) is 0 Å². The number of halogens is 3. The highest BCUT2D eigenvalue weighted by molar-refractivity contribution is 5.93. The maximum absolute atomic E-state index is 13.0. The summed E-state index contributed by atoms with van der Waals surface area (Å²) in [7, 11) is 0. The Hall–Kier alpha value is -1.63. The molecular formula is C16H21Cl2FN4O. The molecule has 1 unspecified atom stereocenters. The molecule has 0 bridgehead atoms. The van der Waals surface area contributed by atoms with Crippen molar-refractivity contribution in [1.29, 1.82) is 0 Å². The van der Waals surface area contributed by atoms with Crippen molar-refractivity contribution in [2.75, 3.05) is 19.6 Å². The smallest absolute Gasteiger partial charge is 0.269 e. The van der Waals surface area contributed by atoms with Crippen molar-refractivity contribution in [1.82, 2.24) is 20.2 Å². The van der Waals surface area contributed by atoms with Crippen LogP contribution in [0.3, 0.4) is 0 Å². The first-order valence-electron chi connectivity index (χ1n) is 7.51. The standard InChI is InChI=1S/C16H19FN4O.2ClH/c17-13-3-5-14(6-4-13)21-11-19-10-15(21)16(22)20-9-12-2-1-7-18-8-12;;/h3-6,10-12,18H,1-2,7-9H2,(H,20,22);2*1H. The van der Waals surface area contributed by atoms with Crippen LogP contribution >= 0.6 is 24.8 Å². The predicted molar refractivity (Wildman–Crippen MR) is 95.9 cm³/mol. The van der Waals surface area contributed by atoms with Crippen LogP contribution in [0, 0.1) is 11.7 Å². The Morgan fingerprint density at radius 1 is 1.33 bits per heavy atom. The number of nitrogens with zero attached hydrogens (tertiary/aromatic N) is 2. The summed E-state index contributed by atoms with van der Waals surface area (Å²) in [5.41, 5.74) is 1.17. The minimum absolute atomic E-state index is 0. The van der Waals surface area contributed by atoms with Crippen molar-refractivity contribution in [3.8, 4) is 5.69 Å². The summed E-state index contributed by atoms with van der Waals surface area (Å²) in [6, 6.07) is 5.98. The van der Waals surface area contributed by atoms with Crippen LogP contribution in [0.4, 0.5) is 4.39 Å². The van der Waals surface area contributed by atoms with Crippen LogP contribution in [-0.4, -0.2) is 35.1 Å². The van der Waals surface area contributed by atoms with Crippen molar-refractivity contribution < 1.29 is 9.18 Å². The molecule has 0 radical (unpaired) electrons. The third-order valence-corrected chi connectivity index (χ3v) is 3.93. The van der Waals surface area contributed by atoms with Crippen LogP contribution in [0.5, 0.6) is 0 Å². The maximum Gasteiger partial charge on any atom is 0.269 e. The number of benzene rings is 1. The van der Waals surface area contributed by atoms with Gasteiger partial charge in [0.25, 0.3) is 5.91 Å². The third-order valence-electron chi connectivity index (χ3n) is 3.93. The average molecular weight is 375 g/mol. The van der Waals surface area contributed by atoms with E-state index >= 15 is 0 Å². The van der Waals surface area contributed by atoms with Crippen LogP contribution in [-0.2, 0) is 0 Å². The van der Waals surface area contributed by atoms with Gasteiger partial charge in [-0.15, -0.1) is 24.8 Å². The minimum atomic E-state index is -0.306. The van der Waals surface area contributed by atoms with E-state index in [-0.39, 0.29) is 36.5 Å². The van der Waals surface area contributed by atoms with E-state index in [0.29, 0.717) is 23.8 Å². The van der Waals surface area contributed by atoms with Gasteiger partial charge >= 0.3 is 0 Å². The highest BCUT2D eigenvalue weighted by Crippen LogP contribution is 2.13. The number of amides is 1. The third kappa shape index (κ3) is 4.93. The molecule has 1 aliphatic rings. The number of hydrogen-bond donors (Lipinski definition) is 2. The lowest BCUT2D eigenvalue weighted by molar-refractivity contribution is 0.0938. The number of imidazole rings is 1. The summed E-state index contributed by atoms with van der Waals surface area (Å²) in [5, 5.41) is 6.29. The first kappa shape index (κ1) is 20.4. The van der Waals surface area contributed by atoms with E-state index in [1.807, 2.05) is 0 Å². The van der Waals surface area contributed by atoms with Gasteiger partial charge in [-0.2, -0.15) is 0 Å². The van der Waals surface area contributed by atoms with Gasteiger partial charge in [0, 0.05) is 12.2 Å². The molecule has 0 aliphatic carbocycles. The van der Waals surface area contributed by atoms with Gasteiger partial charge in [0.2, 0.25) is 0 Å². The van der Waals surface area contributed by atoms with E-state index in [1.165, 1.54) is 18.3 Å². The second-order valence-corrected chi connectivity index (χ2v) is 5.55. The summed E-state index contributed by atoms with van der Waals surface area (Å²) in [5.74, 6) is 0.00644. The van der Waals surface area contributed by atoms with Crippen molar-refractivity contribution in [3.63, 3.8) is 0 Å². The zero-order valence-electron chi connectivity index (χ0n) is 13.1. The molecule has 1 aromatic heterocycles. The zero-order chi connectivity index (χ0) is 15.4. The number of carbonyl (C=O) groups is 1. The van der Waals surface area contributed by atoms with Crippen LogP contribution in [0.2, 0.25) is 0 Å². The molecule has 8 heteroatoms. The van der Waals surface area contributed by atoms with Gasteiger partial charge in [0.05, 0.1) is 12.5 Å². The molecule has 0 saturated carbocycles.